The van der Waals surface area contributed by atoms with Crippen molar-refractivity contribution >= 4 is 34.8 Å². The molecule has 0 spiro atoms. The van der Waals surface area contributed by atoms with Crippen LogP contribution in [0, 0.1) is 5.92 Å². The second kappa shape index (κ2) is 5.11. The smallest absolute Gasteiger partial charge is 0.147 e. The Morgan fingerprint density at radius 3 is 2.62 bits per heavy atom. The second-order valence-electron chi connectivity index (χ2n) is 4.06. The molecule has 0 atom stereocenters. The predicted molar refractivity (Wildman–Crippen MR) is 69.6 cm³/mol. The van der Waals surface area contributed by atoms with E-state index in [4.69, 9.17) is 23.2 Å². The lowest BCUT2D eigenvalue weighted by Gasteiger charge is -2.10. The summed E-state index contributed by atoms with van der Waals surface area (Å²) in [7, 11) is 1.79. The monoisotopic (exact) mass is 259 g/mol. The number of aromatic nitrogens is 1. The predicted octanol–water partition coefficient (Wildman–Crippen LogP) is 3.64. The topological polar surface area (TPSA) is 37.0 Å². The molecule has 0 aliphatic heterocycles. The molecule has 0 amide bonds. The van der Waals surface area contributed by atoms with Crippen molar-refractivity contribution < 1.29 is 0 Å². The third-order valence-electron chi connectivity index (χ3n) is 2.71. The minimum atomic E-state index is 0.542. The van der Waals surface area contributed by atoms with Crippen molar-refractivity contribution in [3.05, 3.63) is 16.1 Å². The third kappa shape index (κ3) is 2.92. The van der Waals surface area contributed by atoms with E-state index in [0.29, 0.717) is 21.7 Å². The molecule has 3 nitrogen and oxygen atoms in total. The van der Waals surface area contributed by atoms with Crippen LogP contribution in [0.2, 0.25) is 10.0 Å². The van der Waals surface area contributed by atoms with Crippen molar-refractivity contribution in [1.82, 2.24) is 4.98 Å². The Bertz CT molecular complexity index is 378. The van der Waals surface area contributed by atoms with Gasteiger partial charge in [0.25, 0.3) is 0 Å². The van der Waals surface area contributed by atoms with Crippen LogP contribution in [0.5, 0.6) is 0 Å². The number of nitrogens with zero attached hydrogens (tertiary/aromatic N) is 1. The number of anilines is 2. The quantitative estimate of drug-likeness (QED) is 0.848. The maximum atomic E-state index is 6.05. The molecule has 0 aromatic carbocycles. The van der Waals surface area contributed by atoms with Gasteiger partial charge in [-0.1, -0.05) is 36.0 Å². The van der Waals surface area contributed by atoms with Gasteiger partial charge in [0, 0.05) is 13.6 Å². The molecule has 0 radical (unpaired) electrons. The van der Waals surface area contributed by atoms with Gasteiger partial charge in [0.1, 0.15) is 11.6 Å². The zero-order valence-electron chi connectivity index (χ0n) is 9.19. The Morgan fingerprint density at radius 2 is 2.00 bits per heavy atom. The molecule has 1 aromatic rings. The summed E-state index contributed by atoms with van der Waals surface area (Å²) >= 11 is 12.0. The molecular formula is C11H15Cl2N3. The number of rotatable bonds is 5. The minimum absolute atomic E-state index is 0.542. The highest BCUT2D eigenvalue weighted by Gasteiger charge is 2.20. The van der Waals surface area contributed by atoms with E-state index in [1.807, 2.05) is 0 Å². The lowest BCUT2D eigenvalue weighted by molar-refractivity contribution is 0.758. The van der Waals surface area contributed by atoms with Crippen molar-refractivity contribution in [2.45, 2.75) is 19.3 Å². The molecule has 1 saturated carbocycles. The van der Waals surface area contributed by atoms with E-state index >= 15 is 0 Å². The molecule has 5 heteroatoms. The third-order valence-corrected chi connectivity index (χ3v) is 3.28. The van der Waals surface area contributed by atoms with Crippen LogP contribution in [0.15, 0.2) is 6.07 Å². The number of hydrogen-bond acceptors (Lipinski definition) is 3. The summed E-state index contributed by atoms with van der Waals surface area (Å²) < 4.78 is 0. The van der Waals surface area contributed by atoms with Crippen LogP contribution in [0.1, 0.15) is 19.3 Å². The van der Waals surface area contributed by atoms with E-state index < -0.39 is 0 Å². The Hall–Kier alpha value is -0.670. The minimum Gasteiger partial charge on any atom is -0.372 e. The van der Waals surface area contributed by atoms with Gasteiger partial charge in [-0.15, -0.1) is 0 Å². The van der Waals surface area contributed by atoms with Crippen molar-refractivity contribution in [2.75, 3.05) is 24.2 Å². The molecule has 1 fully saturated rings. The molecule has 0 unspecified atom stereocenters. The molecular weight excluding hydrogens is 245 g/mol. The van der Waals surface area contributed by atoms with E-state index in [-0.39, 0.29) is 0 Å². The zero-order valence-corrected chi connectivity index (χ0v) is 10.7. The van der Waals surface area contributed by atoms with Crippen LogP contribution >= 0.6 is 23.2 Å². The summed E-state index contributed by atoms with van der Waals surface area (Å²) in [6.07, 6.45) is 3.92. The fourth-order valence-corrected chi connectivity index (χ4v) is 2.09. The van der Waals surface area contributed by atoms with Crippen LogP contribution in [0.25, 0.3) is 0 Å². The first-order valence-electron chi connectivity index (χ1n) is 5.48. The van der Waals surface area contributed by atoms with E-state index in [1.165, 1.54) is 19.3 Å². The number of nitrogens with one attached hydrogen (secondary N) is 2. The van der Waals surface area contributed by atoms with Gasteiger partial charge in [-0.25, -0.2) is 4.98 Å². The van der Waals surface area contributed by atoms with Gasteiger partial charge in [-0.3, -0.25) is 0 Å². The lowest BCUT2D eigenvalue weighted by atomic mass is 10.3. The summed E-state index contributed by atoms with van der Waals surface area (Å²) in [4.78, 5) is 4.32. The maximum absolute atomic E-state index is 6.05. The van der Waals surface area contributed by atoms with Gasteiger partial charge in [-0.05, 0) is 18.4 Å². The van der Waals surface area contributed by atoms with Crippen molar-refractivity contribution in [1.29, 1.82) is 0 Å². The summed E-state index contributed by atoms with van der Waals surface area (Å²) in [5.74, 6) is 2.26. The van der Waals surface area contributed by atoms with Crippen LogP contribution in [-0.4, -0.2) is 18.6 Å². The van der Waals surface area contributed by atoms with Crippen LogP contribution in [-0.2, 0) is 0 Å². The first kappa shape index (κ1) is 11.8. The largest absolute Gasteiger partial charge is 0.372 e. The van der Waals surface area contributed by atoms with Gasteiger partial charge in [0.05, 0.1) is 10.0 Å². The Kier molecular flexibility index (Phi) is 3.77. The molecule has 16 heavy (non-hydrogen) atoms. The fourth-order valence-electron chi connectivity index (χ4n) is 1.57. The summed E-state index contributed by atoms with van der Waals surface area (Å²) in [6.45, 7) is 0.919. The number of pyridine rings is 1. The normalized spacial score (nSPS) is 14.9. The summed E-state index contributed by atoms with van der Waals surface area (Å²) in [6, 6.07) is 1.71. The summed E-state index contributed by atoms with van der Waals surface area (Å²) in [5.41, 5.74) is 0. The Labute approximate surface area is 106 Å². The fraction of sp³-hybridized carbons (Fsp3) is 0.545. The molecule has 1 aliphatic rings. The first-order valence-corrected chi connectivity index (χ1v) is 6.24. The lowest BCUT2D eigenvalue weighted by Crippen LogP contribution is -2.06. The molecule has 1 aromatic heterocycles. The average molecular weight is 260 g/mol. The van der Waals surface area contributed by atoms with Gasteiger partial charge >= 0.3 is 0 Å². The van der Waals surface area contributed by atoms with Gasteiger partial charge in [0.2, 0.25) is 0 Å². The standard InChI is InChI=1S/C11H15Cl2N3/c1-14-10-8(12)6-9(13)11(16-10)15-5-4-7-2-3-7/h6-7H,2-5H2,1H3,(H2,14,15,16). The van der Waals surface area contributed by atoms with Gasteiger partial charge in [0.15, 0.2) is 0 Å². The van der Waals surface area contributed by atoms with E-state index in [2.05, 4.69) is 15.6 Å². The van der Waals surface area contributed by atoms with Crippen molar-refractivity contribution in [3.63, 3.8) is 0 Å². The van der Waals surface area contributed by atoms with E-state index in [1.54, 1.807) is 13.1 Å². The van der Waals surface area contributed by atoms with E-state index in [9.17, 15) is 0 Å². The van der Waals surface area contributed by atoms with Gasteiger partial charge in [-0.2, -0.15) is 0 Å². The average Bonchev–Trinajstić information content (AvgIpc) is 3.05. The molecule has 1 aliphatic carbocycles. The van der Waals surface area contributed by atoms with Gasteiger partial charge < -0.3 is 10.6 Å². The molecule has 0 saturated heterocycles. The summed E-state index contributed by atoms with van der Waals surface area (Å²) in [5, 5.41) is 7.29. The second-order valence-corrected chi connectivity index (χ2v) is 4.87. The number of hydrogen-bond donors (Lipinski definition) is 2. The highest BCUT2D eigenvalue weighted by atomic mass is 35.5. The Balaban J connectivity index is 2.00. The molecule has 88 valence electrons. The van der Waals surface area contributed by atoms with Crippen LogP contribution < -0.4 is 10.6 Å². The zero-order chi connectivity index (χ0) is 11.5. The van der Waals surface area contributed by atoms with Crippen molar-refractivity contribution in [3.8, 4) is 0 Å². The molecule has 2 rings (SSSR count). The molecule has 0 bridgehead atoms. The molecule has 2 N–H and O–H groups in total. The highest BCUT2D eigenvalue weighted by molar-refractivity contribution is 6.37. The first-order chi connectivity index (χ1) is 7.70. The molecule has 1 heterocycles. The SMILES string of the molecule is CNc1nc(NCCC2CC2)c(Cl)cc1Cl. The maximum Gasteiger partial charge on any atom is 0.147 e. The van der Waals surface area contributed by atoms with Crippen molar-refractivity contribution in [2.24, 2.45) is 5.92 Å². The Morgan fingerprint density at radius 1 is 1.31 bits per heavy atom. The highest BCUT2D eigenvalue weighted by Crippen LogP contribution is 2.33. The number of halogens is 2. The van der Waals surface area contributed by atoms with Crippen LogP contribution in [0.4, 0.5) is 11.6 Å². The van der Waals surface area contributed by atoms with E-state index in [0.717, 1.165) is 12.5 Å². The van der Waals surface area contributed by atoms with Crippen LogP contribution in [0.3, 0.4) is 0 Å².